The van der Waals surface area contributed by atoms with Crippen molar-refractivity contribution in [3.8, 4) is 0 Å². The van der Waals surface area contributed by atoms with Crippen LogP contribution < -0.4 is 0 Å². The van der Waals surface area contributed by atoms with Gasteiger partial charge in [-0.2, -0.15) is 0 Å². The third kappa shape index (κ3) is 13.0. The summed E-state index contributed by atoms with van der Waals surface area (Å²) in [6, 6.07) is 0.963. The topological polar surface area (TPSA) is 97.6 Å². The van der Waals surface area contributed by atoms with Crippen molar-refractivity contribution in [1.82, 2.24) is 0 Å². The summed E-state index contributed by atoms with van der Waals surface area (Å²) in [5.41, 5.74) is 0. The molecule has 1 aliphatic heterocycles. The first kappa shape index (κ1) is 22.3. The Morgan fingerprint density at radius 1 is 1.15 bits per heavy atom. The Labute approximate surface area is 123 Å². The maximum Gasteiger partial charge on any atom is 0.631 e. The van der Waals surface area contributed by atoms with Gasteiger partial charge in [-0.05, 0) is 33.6 Å². The van der Waals surface area contributed by atoms with Crippen molar-refractivity contribution in [3.63, 3.8) is 0 Å². The van der Waals surface area contributed by atoms with Crippen LogP contribution in [0.2, 0.25) is 6.04 Å². The van der Waals surface area contributed by atoms with Crippen molar-refractivity contribution in [2.24, 2.45) is 0 Å². The molecule has 0 spiro atoms. The molecule has 9 heteroatoms. The van der Waals surface area contributed by atoms with Gasteiger partial charge in [0.05, 0.1) is 0 Å². The molecule has 1 rings (SSSR count). The fourth-order valence-electron chi connectivity index (χ4n) is 1.62. The first-order chi connectivity index (χ1) is 9.37. The van der Waals surface area contributed by atoms with Gasteiger partial charge < -0.3 is 33.1 Å². The highest BCUT2D eigenvalue weighted by Gasteiger charge is 2.42. The monoisotopic (exact) mass is 312 g/mol. The molecule has 1 unspecified atom stereocenters. The summed E-state index contributed by atoms with van der Waals surface area (Å²) in [4.78, 5) is 0. The third-order valence-corrected chi connectivity index (χ3v) is 5.48. The summed E-state index contributed by atoms with van der Waals surface area (Å²) in [6.45, 7) is 7.74. The van der Waals surface area contributed by atoms with Gasteiger partial charge in [-0.15, -0.1) is 0 Å². The van der Waals surface area contributed by atoms with E-state index >= 15 is 0 Å². The van der Waals surface area contributed by atoms with E-state index in [1.54, 1.807) is 14.2 Å². The van der Waals surface area contributed by atoms with Gasteiger partial charge in [0.25, 0.3) is 0 Å². The first-order valence-corrected chi connectivity index (χ1v) is 8.70. The number of hydrogen-bond donors (Lipinski definition) is 3. The molecule has 1 fully saturated rings. The fourth-order valence-corrected chi connectivity index (χ4v) is 3.87. The minimum atomic E-state index is -2.19. The lowest BCUT2D eigenvalue weighted by molar-refractivity contribution is 0.0419. The van der Waals surface area contributed by atoms with Crippen LogP contribution in [-0.4, -0.2) is 64.7 Å². The van der Waals surface area contributed by atoms with Crippen LogP contribution in [0.1, 0.15) is 33.6 Å². The number of hydrogen-bond acceptors (Lipinski definition) is 7. The Balaban J connectivity index is 0. The quantitative estimate of drug-likeness (QED) is 0.647. The molecule has 0 aromatic heterocycles. The zero-order valence-electron chi connectivity index (χ0n) is 13.2. The van der Waals surface area contributed by atoms with Crippen LogP contribution in [0, 0.1) is 0 Å². The average Bonchev–Trinajstić information content (AvgIpc) is 2.39. The lowest BCUT2D eigenvalue weighted by Gasteiger charge is -2.33. The van der Waals surface area contributed by atoms with Crippen LogP contribution in [0.4, 0.5) is 0 Å². The molecule has 122 valence electrons. The van der Waals surface area contributed by atoms with Crippen molar-refractivity contribution < 1.29 is 33.1 Å². The fraction of sp³-hybridized carbons (Fsp3) is 1.00. The molecule has 1 aliphatic rings. The summed E-state index contributed by atoms with van der Waals surface area (Å²) >= 11 is 0. The van der Waals surface area contributed by atoms with Gasteiger partial charge in [0.2, 0.25) is 0 Å². The molecule has 7 nitrogen and oxygen atoms in total. The molecule has 0 amide bonds. The van der Waals surface area contributed by atoms with Crippen LogP contribution in [0.15, 0.2) is 0 Å². The van der Waals surface area contributed by atoms with E-state index < -0.39 is 16.1 Å². The molecule has 0 aromatic carbocycles. The molecule has 0 aromatic rings. The van der Waals surface area contributed by atoms with Crippen LogP contribution >= 0.6 is 0 Å². The van der Waals surface area contributed by atoms with Gasteiger partial charge in [-0.3, -0.25) is 0 Å². The van der Waals surface area contributed by atoms with Crippen LogP contribution in [0.3, 0.4) is 0 Å². The maximum atomic E-state index is 7.17. The molecule has 1 heterocycles. The lowest BCUT2D eigenvalue weighted by Crippen LogP contribution is -2.48. The van der Waals surface area contributed by atoms with Crippen molar-refractivity contribution in [1.29, 1.82) is 0 Å². The zero-order chi connectivity index (χ0) is 16.0. The van der Waals surface area contributed by atoms with E-state index in [0.29, 0.717) is 6.10 Å². The van der Waals surface area contributed by atoms with E-state index in [4.69, 9.17) is 33.1 Å². The minimum Gasteiger partial charge on any atom is -0.402 e. The van der Waals surface area contributed by atoms with Crippen molar-refractivity contribution in [2.75, 3.05) is 27.4 Å². The van der Waals surface area contributed by atoms with Crippen LogP contribution in [-0.2, 0) is 18.0 Å². The van der Waals surface area contributed by atoms with E-state index in [1.165, 1.54) is 0 Å². The van der Waals surface area contributed by atoms with Crippen LogP contribution in [0.5, 0.6) is 0 Å². The molecule has 3 N–H and O–H groups in total. The van der Waals surface area contributed by atoms with Gasteiger partial charge in [-0.1, -0.05) is 0 Å². The molecule has 1 atom stereocenters. The van der Waals surface area contributed by atoms with E-state index in [2.05, 4.69) is 6.92 Å². The Morgan fingerprint density at radius 3 is 1.80 bits per heavy atom. The van der Waals surface area contributed by atoms with Crippen molar-refractivity contribution >= 4 is 16.1 Å². The molecular formula is C11H29BO7Si. The van der Waals surface area contributed by atoms with Crippen molar-refractivity contribution in [3.05, 3.63) is 0 Å². The molecule has 1 saturated heterocycles. The Hall–Kier alpha value is 0.00182. The Bertz CT molecular complexity index is 200. The summed E-state index contributed by atoms with van der Waals surface area (Å²) < 4.78 is 21.1. The summed E-state index contributed by atoms with van der Waals surface area (Å²) in [7, 11) is -1.01. The highest BCUT2D eigenvalue weighted by molar-refractivity contribution is 6.60. The second-order valence-electron chi connectivity index (χ2n) is 4.04. The van der Waals surface area contributed by atoms with Crippen LogP contribution in [0.25, 0.3) is 0 Å². The molecule has 0 aliphatic carbocycles. The van der Waals surface area contributed by atoms with Gasteiger partial charge in [0, 0.05) is 39.6 Å². The predicted molar refractivity (Wildman–Crippen MR) is 78.9 cm³/mol. The van der Waals surface area contributed by atoms with Gasteiger partial charge in [-0.25, -0.2) is 0 Å². The summed E-state index contributed by atoms with van der Waals surface area (Å²) in [5.74, 6) is 0. The predicted octanol–water partition coefficient (Wildman–Crippen LogP) is 0.408. The maximum absolute atomic E-state index is 7.17. The van der Waals surface area contributed by atoms with Gasteiger partial charge >= 0.3 is 16.1 Å². The third-order valence-electron chi connectivity index (χ3n) is 2.50. The van der Waals surface area contributed by atoms with E-state index in [1.807, 2.05) is 13.8 Å². The summed E-state index contributed by atoms with van der Waals surface area (Å²) in [6.07, 6.45) is 2.59. The molecule has 0 saturated carbocycles. The average molecular weight is 312 g/mol. The molecular weight excluding hydrogens is 283 g/mol. The zero-order valence-corrected chi connectivity index (χ0v) is 14.2. The standard InChI is InChI=1S/C7H16O3Si.C4H10O.BH3O3/c1-7-5-4-6-11(8-2,9-3)10-7;1-3-5-4-2;2-1(3)4/h7H,4-6H2,1-3H3;3-4H2,1-2H3;2-4H. The van der Waals surface area contributed by atoms with E-state index in [-0.39, 0.29) is 0 Å². The van der Waals surface area contributed by atoms with Crippen molar-refractivity contribution in [2.45, 2.75) is 45.8 Å². The normalized spacial score (nSPS) is 20.1. The van der Waals surface area contributed by atoms with E-state index in [9.17, 15) is 0 Å². The molecule has 20 heavy (non-hydrogen) atoms. The first-order valence-electron chi connectivity index (χ1n) is 6.77. The largest absolute Gasteiger partial charge is 0.631 e. The highest BCUT2D eigenvalue weighted by atomic mass is 28.4. The second kappa shape index (κ2) is 14.0. The van der Waals surface area contributed by atoms with E-state index in [0.717, 1.165) is 32.1 Å². The second-order valence-corrected chi connectivity index (χ2v) is 6.96. The molecule has 0 bridgehead atoms. The number of rotatable bonds is 4. The smallest absolute Gasteiger partial charge is 0.402 e. The Morgan fingerprint density at radius 2 is 1.60 bits per heavy atom. The highest BCUT2D eigenvalue weighted by Crippen LogP contribution is 2.26. The Kier molecular flexibility index (Phi) is 15.6. The summed E-state index contributed by atoms with van der Waals surface area (Å²) in [5, 5.41) is 21.5. The SMILES string of the molecule is CCOCC.CO[Si]1(OC)CCCC(C)O1.OB(O)O. The van der Waals surface area contributed by atoms with Gasteiger partial charge in [0.1, 0.15) is 0 Å². The lowest BCUT2D eigenvalue weighted by atomic mass is 10.2. The number of ether oxygens (including phenoxy) is 1. The van der Waals surface area contributed by atoms with Gasteiger partial charge in [0.15, 0.2) is 0 Å². The molecule has 0 radical (unpaired) electrons. The minimum absolute atomic E-state index is 0.301.